The molecule has 3 rings (SSSR count). The summed E-state index contributed by atoms with van der Waals surface area (Å²) >= 11 is 0. The first-order valence-electron chi connectivity index (χ1n) is 8.71. The summed E-state index contributed by atoms with van der Waals surface area (Å²) in [5, 5.41) is 8.98. The second kappa shape index (κ2) is 8.78. The highest BCUT2D eigenvalue weighted by atomic mass is 32.2. The zero-order valence-corrected chi connectivity index (χ0v) is 16.5. The van der Waals surface area contributed by atoms with Crippen molar-refractivity contribution < 1.29 is 27.5 Å². The fourth-order valence-corrected chi connectivity index (χ4v) is 3.64. The molecule has 1 aromatic heterocycles. The number of sulfonamides is 1. The van der Waals surface area contributed by atoms with Crippen LogP contribution < -0.4 is 9.04 Å². The van der Waals surface area contributed by atoms with Gasteiger partial charge >= 0.3 is 5.97 Å². The van der Waals surface area contributed by atoms with Gasteiger partial charge in [0, 0.05) is 6.42 Å². The van der Waals surface area contributed by atoms with Gasteiger partial charge in [-0.25, -0.2) is 13.4 Å². The first-order chi connectivity index (χ1) is 13.8. The third kappa shape index (κ3) is 5.58. The molecule has 152 valence electrons. The topological polar surface area (TPSA) is 110 Å². The van der Waals surface area contributed by atoms with Gasteiger partial charge in [0.2, 0.25) is 10.0 Å². The van der Waals surface area contributed by atoms with Crippen molar-refractivity contribution in [1.29, 1.82) is 0 Å². The van der Waals surface area contributed by atoms with Crippen molar-refractivity contribution in [3.63, 3.8) is 0 Å². The Bertz CT molecular complexity index is 1030. The third-order valence-corrected chi connectivity index (χ3v) is 5.27. The lowest BCUT2D eigenvalue weighted by atomic mass is 10.1. The molecule has 3 aromatic rings. The molecule has 0 saturated heterocycles. The molecule has 0 radical (unpaired) electrons. The number of ether oxygens (including phenoxy) is 1. The summed E-state index contributed by atoms with van der Waals surface area (Å²) in [6.07, 6.45) is 3.95. The van der Waals surface area contributed by atoms with Crippen LogP contribution >= 0.6 is 0 Å². The van der Waals surface area contributed by atoms with Crippen molar-refractivity contribution in [2.75, 3.05) is 17.1 Å². The van der Waals surface area contributed by atoms with Crippen LogP contribution in [-0.4, -0.2) is 37.3 Å². The van der Waals surface area contributed by atoms with Crippen LogP contribution in [0.5, 0.6) is 5.75 Å². The number of carboxylic acid groups (broad SMARTS) is 1. The van der Waals surface area contributed by atoms with Crippen LogP contribution in [0.4, 0.5) is 5.69 Å². The van der Waals surface area contributed by atoms with Crippen molar-refractivity contribution in [2.45, 2.75) is 12.5 Å². The normalized spacial score (nSPS) is 12.3. The van der Waals surface area contributed by atoms with E-state index in [9.17, 15) is 13.2 Å². The Balaban J connectivity index is 1.81. The van der Waals surface area contributed by atoms with E-state index in [0.29, 0.717) is 17.9 Å². The van der Waals surface area contributed by atoms with Crippen LogP contribution in [-0.2, 0) is 21.2 Å². The molecule has 0 saturated carbocycles. The van der Waals surface area contributed by atoms with E-state index in [1.54, 1.807) is 12.1 Å². The van der Waals surface area contributed by atoms with Gasteiger partial charge in [0.15, 0.2) is 6.39 Å². The van der Waals surface area contributed by atoms with E-state index in [0.717, 1.165) is 16.1 Å². The fourth-order valence-electron chi connectivity index (χ4n) is 2.79. The SMILES string of the molecule is CS(=O)(=O)N(CC(=O)O)c1ccc(OC(Cc2ccccc2)c2cocn2)cc1. The summed E-state index contributed by atoms with van der Waals surface area (Å²) in [4.78, 5) is 15.2. The number of carboxylic acids is 1. The smallest absolute Gasteiger partial charge is 0.324 e. The molecule has 8 nitrogen and oxygen atoms in total. The molecule has 0 aliphatic carbocycles. The number of oxazole rings is 1. The molecule has 0 bridgehead atoms. The number of aromatic nitrogens is 1. The molecule has 1 unspecified atom stereocenters. The summed E-state index contributed by atoms with van der Waals surface area (Å²) in [6.45, 7) is -0.658. The molecule has 0 aliphatic heterocycles. The second-order valence-corrected chi connectivity index (χ2v) is 8.27. The standard InChI is InChI=1S/C20H20N2O6S/c1-29(25,26)22(12-20(23)24)16-7-9-17(10-8-16)28-19(18-13-27-14-21-18)11-15-5-3-2-4-6-15/h2-10,13-14,19H,11-12H2,1H3,(H,23,24). The number of anilines is 1. The fraction of sp³-hybridized carbons (Fsp3) is 0.200. The predicted molar refractivity (Wildman–Crippen MR) is 106 cm³/mol. The number of rotatable bonds is 9. The van der Waals surface area contributed by atoms with Gasteiger partial charge in [0.25, 0.3) is 0 Å². The molecule has 0 spiro atoms. The maximum Gasteiger partial charge on any atom is 0.324 e. The van der Waals surface area contributed by atoms with Crippen LogP contribution in [0.3, 0.4) is 0 Å². The minimum Gasteiger partial charge on any atom is -0.484 e. The van der Waals surface area contributed by atoms with E-state index in [2.05, 4.69) is 4.98 Å². The maximum absolute atomic E-state index is 11.9. The van der Waals surface area contributed by atoms with Gasteiger partial charge in [-0.2, -0.15) is 0 Å². The van der Waals surface area contributed by atoms with E-state index >= 15 is 0 Å². The number of hydrogen-bond donors (Lipinski definition) is 1. The average molecular weight is 416 g/mol. The Labute approximate surface area is 168 Å². The van der Waals surface area contributed by atoms with Gasteiger partial charge in [-0.15, -0.1) is 0 Å². The molecule has 2 aromatic carbocycles. The number of carbonyl (C=O) groups is 1. The number of nitrogens with zero attached hydrogens (tertiary/aromatic N) is 2. The summed E-state index contributed by atoms with van der Waals surface area (Å²) in [5.74, 6) is -0.758. The molecule has 1 heterocycles. The van der Waals surface area contributed by atoms with Crippen molar-refractivity contribution in [2.24, 2.45) is 0 Å². The summed E-state index contributed by atoms with van der Waals surface area (Å²) in [7, 11) is -3.74. The Hall–Kier alpha value is -3.33. The summed E-state index contributed by atoms with van der Waals surface area (Å²) in [6, 6.07) is 16.0. The quantitative estimate of drug-likeness (QED) is 0.571. The zero-order valence-electron chi connectivity index (χ0n) is 15.6. The monoisotopic (exact) mass is 416 g/mol. The lowest BCUT2D eigenvalue weighted by molar-refractivity contribution is -0.135. The Morgan fingerprint density at radius 2 is 1.86 bits per heavy atom. The van der Waals surface area contributed by atoms with Crippen LogP contribution in [0.2, 0.25) is 0 Å². The van der Waals surface area contributed by atoms with Crippen molar-refractivity contribution in [1.82, 2.24) is 4.98 Å². The maximum atomic E-state index is 11.9. The van der Waals surface area contributed by atoms with Crippen molar-refractivity contribution in [3.8, 4) is 5.75 Å². The molecule has 0 amide bonds. The number of benzene rings is 2. The first-order valence-corrected chi connectivity index (χ1v) is 10.6. The first kappa shape index (κ1) is 20.4. The van der Waals surface area contributed by atoms with E-state index in [1.807, 2.05) is 30.3 Å². The molecule has 9 heteroatoms. The minimum atomic E-state index is -3.74. The third-order valence-electron chi connectivity index (χ3n) is 4.13. The molecule has 0 aliphatic rings. The minimum absolute atomic E-state index is 0.239. The van der Waals surface area contributed by atoms with Crippen molar-refractivity contribution in [3.05, 3.63) is 78.5 Å². The predicted octanol–water partition coefficient (Wildman–Crippen LogP) is 2.89. The molecule has 1 N–H and O–H groups in total. The second-order valence-electron chi connectivity index (χ2n) is 6.37. The van der Waals surface area contributed by atoms with E-state index in [-0.39, 0.29) is 5.69 Å². The Morgan fingerprint density at radius 1 is 1.17 bits per heavy atom. The molecular weight excluding hydrogens is 396 g/mol. The van der Waals surface area contributed by atoms with Gasteiger partial charge in [-0.1, -0.05) is 30.3 Å². The van der Waals surface area contributed by atoms with E-state index in [4.69, 9.17) is 14.3 Å². The van der Waals surface area contributed by atoms with Crippen LogP contribution in [0.25, 0.3) is 0 Å². The lowest BCUT2D eigenvalue weighted by Gasteiger charge is -2.21. The number of hydrogen-bond acceptors (Lipinski definition) is 6. The van der Waals surface area contributed by atoms with E-state index < -0.39 is 28.6 Å². The van der Waals surface area contributed by atoms with E-state index in [1.165, 1.54) is 24.8 Å². The molecule has 29 heavy (non-hydrogen) atoms. The largest absolute Gasteiger partial charge is 0.484 e. The summed E-state index contributed by atoms with van der Waals surface area (Å²) in [5.41, 5.74) is 1.92. The highest BCUT2D eigenvalue weighted by molar-refractivity contribution is 7.92. The number of aliphatic carboxylic acids is 1. The Morgan fingerprint density at radius 3 is 2.41 bits per heavy atom. The zero-order chi connectivity index (χ0) is 20.9. The van der Waals surface area contributed by atoms with Gasteiger partial charge in [-0.05, 0) is 29.8 Å². The highest BCUT2D eigenvalue weighted by Gasteiger charge is 2.21. The van der Waals surface area contributed by atoms with Crippen LogP contribution in [0, 0.1) is 0 Å². The molecule has 1 atom stereocenters. The average Bonchev–Trinajstić information content (AvgIpc) is 3.21. The van der Waals surface area contributed by atoms with Crippen molar-refractivity contribution >= 4 is 21.7 Å². The van der Waals surface area contributed by atoms with Crippen LogP contribution in [0.15, 0.2) is 71.7 Å². The van der Waals surface area contributed by atoms with Gasteiger partial charge < -0.3 is 14.3 Å². The molecule has 0 fully saturated rings. The van der Waals surface area contributed by atoms with Gasteiger partial charge in [-0.3, -0.25) is 9.10 Å². The van der Waals surface area contributed by atoms with Gasteiger partial charge in [0.1, 0.15) is 30.4 Å². The summed E-state index contributed by atoms with van der Waals surface area (Å²) < 4.78 is 35.8. The highest BCUT2D eigenvalue weighted by Crippen LogP contribution is 2.27. The lowest BCUT2D eigenvalue weighted by Crippen LogP contribution is -2.34. The molecular formula is C20H20N2O6S. The van der Waals surface area contributed by atoms with Gasteiger partial charge in [0.05, 0.1) is 11.9 Å². The van der Waals surface area contributed by atoms with Crippen LogP contribution in [0.1, 0.15) is 17.4 Å². The Kier molecular flexibility index (Phi) is 6.18.